The number of nitrogens with zero attached hydrogens (tertiary/aromatic N) is 2. The topological polar surface area (TPSA) is 42.2 Å². The van der Waals surface area contributed by atoms with Crippen LogP contribution in [0.3, 0.4) is 0 Å². The standard InChI is InChI=1S/C15H27N3S/c1-10(2)12-13(15(4,5)16)19-14(17-12)18-8-6-11(3)7-9-18/h10-11H,6-9,16H2,1-5H3. The van der Waals surface area contributed by atoms with Crippen LogP contribution in [0.15, 0.2) is 0 Å². The number of hydrogen-bond donors (Lipinski definition) is 1. The zero-order chi connectivity index (χ0) is 14.2. The molecule has 0 aliphatic carbocycles. The Labute approximate surface area is 121 Å². The molecule has 0 unspecified atom stereocenters. The summed E-state index contributed by atoms with van der Waals surface area (Å²) in [6.07, 6.45) is 2.55. The van der Waals surface area contributed by atoms with E-state index in [1.54, 1.807) is 11.3 Å². The maximum Gasteiger partial charge on any atom is 0.185 e. The summed E-state index contributed by atoms with van der Waals surface area (Å²) in [5.41, 5.74) is 7.21. The molecule has 1 aromatic rings. The maximum atomic E-state index is 6.31. The summed E-state index contributed by atoms with van der Waals surface area (Å²) in [4.78, 5) is 8.57. The predicted molar refractivity (Wildman–Crippen MR) is 84.0 cm³/mol. The molecule has 108 valence electrons. The fraction of sp³-hybridized carbons (Fsp3) is 0.800. The minimum absolute atomic E-state index is 0.293. The van der Waals surface area contributed by atoms with E-state index in [4.69, 9.17) is 10.7 Å². The minimum Gasteiger partial charge on any atom is -0.348 e. The van der Waals surface area contributed by atoms with E-state index in [1.165, 1.54) is 28.5 Å². The number of aromatic nitrogens is 1. The average molecular weight is 281 g/mol. The van der Waals surface area contributed by atoms with Crippen LogP contribution in [0.5, 0.6) is 0 Å². The van der Waals surface area contributed by atoms with Crippen molar-refractivity contribution < 1.29 is 0 Å². The third-order valence-electron chi connectivity index (χ3n) is 3.83. The second-order valence-electron chi connectivity index (χ2n) is 6.76. The van der Waals surface area contributed by atoms with E-state index in [0.717, 1.165) is 19.0 Å². The zero-order valence-electron chi connectivity index (χ0n) is 12.9. The molecule has 4 heteroatoms. The first kappa shape index (κ1) is 14.8. The third kappa shape index (κ3) is 3.29. The van der Waals surface area contributed by atoms with Gasteiger partial charge in [0.1, 0.15) is 0 Å². The van der Waals surface area contributed by atoms with Gasteiger partial charge in [0.25, 0.3) is 0 Å². The lowest BCUT2D eigenvalue weighted by atomic mass is 9.98. The van der Waals surface area contributed by atoms with Crippen molar-refractivity contribution in [3.63, 3.8) is 0 Å². The molecule has 0 radical (unpaired) electrons. The lowest BCUT2D eigenvalue weighted by Crippen LogP contribution is -2.32. The van der Waals surface area contributed by atoms with Gasteiger partial charge in [0, 0.05) is 23.5 Å². The highest BCUT2D eigenvalue weighted by Crippen LogP contribution is 2.37. The quantitative estimate of drug-likeness (QED) is 0.918. The molecule has 2 heterocycles. The van der Waals surface area contributed by atoms with E-state index in [2.05, 4.69) is 39.5 Å². The molecule has 2 N–H and O–H groups in total. The van der Waals surface area contributed by atoms with E-state index >= 15 is 0 Å². The van der Waals surface area contributed by atoms with Gasteiger partial charge in [-0.05, 0) is 38.5 Å². The highest BCUT2D eigenvalue weighted by atomic mass is 32.1. The largest absolute Gasteiger partial charge is 0.348 e. The molecule has 19 heavy (non-hydrogen) atoms. The van der Waals surface area contributed by atoms with Crippen LogP contribution >= 0.6 is 11.3 Å². The number of hydrogen-bond acceptors (Lipinski definition) is 4. The summed E-state index contributed by atoms with van der Waals surface area (Å²) in [5.74, 6) is 1.29. The van der Waals surface area contributed by atoms with Gasteiger partial charge in [-0.1, -0.05) is 32.1 Å². The summed E-state index contributed by atoms with van der Waals surface area (Å²) in [6, 6.07) is 0. The molecule has 0 atom stereocenters. The van der Waals surface area contributed by atoms with Gasteiger partial charge in [0.15, 0.2) is 5.13 Å². The molecule has 0 saturated carbocycles. The van der Waals surface area contributed by atoms with Crippen molar-refractivity contribution in [1.29, 1.82) is 0 Å². The fourth-order valence-corrected chi connectivity index (χ4v) is 3.80. The van der Waals surface area contributed by atoms with Crippen molar-refractivity contribution in [2.45, 2.75) is 58.9 Å². The molecule has 0 spiro atoms. The molecule has 1 aliphatic heterocycles. The van der Waals surface area contributed by atoms with Crippen LogP contribution < -0.4 is 10.6 Å². The van der Waals surface area contributed by atoms with Crippen molar-refractivity contribution in [1.82, 2.24) is 4.98 Å². The van der Waals surface area contributed by atoms with Crippen molar-refractivity contribution in [2.75, 3.05) is 18.0 Å². The van der Waals surface area contributed by atoms with Gasteiger partial charge < -0.3 is 10.6 Å². The van der Waals surface area contributed by atoms with Gasteiger partial charge in [-0.15, -0.1) is 0 Å². The van der Waals surface area contributed by atoms with Gasteiger partial charge in [0.05, 0.1) is 5.69 Å². The van der Waals surface area contributed by atoms with E-state index in [0.29, 0.717) is 5.92 Å². The van der Waals surface area contributed by atoms with Gasteiger partial charge in [-0.25, -0.2) is 4.98 Å². The molecule has 3 nitrogen and oxygen atoms in total. The Morgan fingerprint density at radius 2 is 1.89 bits per heavy atom. The molecular formula is C15H27N3S. The molecule has 1 fully saturated rings. The number of anilines is 1. The monoisotopic (exact) mass is 281 g/mol. The first-order valence-corrected chi connectivity index (χ1v) is 8.15. The molecular weight excluding hydrogens is 254 g/mol. The van der Waals surface area contributed by atoms with Crippen LogP contribution in [-0.4, -0.2) is 18.1 Å². The summed E-state index contributed by atoms with van der Waals surface area (Å²) in [7, 11) is 0. The SMILES string of the molecule is CC1CCN(c2nc(C(C)C)c(C(C)(C)N)s2)CC1. The second kappa shape index (κ2) is 5.41. The Balaban J connectivity index is 2.28. The van der Waals surface area contributed by atoms with Crippen molar-refractivity contribution in [2.24, 2.45) is 11.7 Å². The number of rotatable bonds is 3. The normalized spacial score (nSPS) is 18.4. The predicted octanol–water partition coefficient (Wildman–Crippen LogP) is 3.70. The first-order valence-electron chi connectivity index (χ1n) is 7.34. The highest BCUT2D eigenvalue weighted by Gasteiger charge is 2.27. The molecule has 0 bridgehead atoms. The van der Waals surface area contributed by atoms with Crippen molar-refractivity contribution in [3.05, 3.63) is 10.6 Å². The number of thiazole rings is 1. The summed E-state index contributed by atoms with van der Waals surface area (Å²) < 4.78 is 0. The number of nitrogens with two attached hydrogens (primary N) is 1. The van der Waals surface area contributed by atoms with E-state index in [-0.39, 0.29) is 5.54 Å². The van der Waals surface area contributed by atoms with E-state index < -0.39 is 0 Å². The Bertz CT molecular complexity index is 423. The van der Waals surface area contributed by atoms with Gasteiger partial charge >= 0.3 is 0 Å². The second-order valence-corrected chi connectivity index (χ2v) is 7.73. The molecule has 0 amide bonds. The lowest BCUT2D eigenvalue weighted by Gasteiger charge is -2.29. The van der Waals surface area contributed by atoms with Gasteiger partial charge in [-0.2, -0.15) is 0 Å². The Kier molecular flexibility index (Phi) is 4.21. The fourth-order valence-electron chi connectivity index (χ4n) is 2.51. The van der Waals surface area contributed by atoms with Crippen LogP contribution in [0.25, 0.3) is 0 Å². The Hall–Kier alpha value is -0.610. The highest BCUT2D eigenvalue weighted by molar-refractivity contribution is 7.15. The van der Waals surface area contributed by atoms with Gasteiger partial charge in [-0.3, -0.25) is 0 Å². The van der Waals surface area contributed by atoms with E-state index in [1.807, 2.05) is 0 Å². The van der Waals surface area contributed by atoms with Crippen molar-refractivity contribution in [3.8, 4) is 0 Å². The molecule has 2 rings (SSSR count). The smallest absolute Gasteiger partial charge is 0.185 e. The molecule has 0 aromatic carbocycles. The molecule has 1 aromatic heterocycles. The van der Waals surface area contributed by atoms with Crippen LogP contribution in [0.4, 0.5) is 5.13 Å². The first-order chi connectivity index (χ1) is 8.79. The Morgan fingerprint density at radius 1 is 1.32 bits per heavy atom. The molecule has 1 saturated heterocycles. The minimum atomic E-state index is -0.293. The summed E-state index contributed by atoms with van der Waals surface area (Å²) in [5, 5.41) is 1.17. The van der Waals surface area contributed by atoms with Crippen LogP contribution in [-0.2, 0) is 5.54 Å². The van der Waals surface area contributed by atoms with Crippen LogP contribution in [0.1, 0.15) is 63.9 Å². The average Bonchev–Trinajstić information content (AvgIpc) is 2.74. The maximum absolute atomic E-state index is 6.31. The van der Waals surface area contributed by atoms with Crippen LogP contribution in [0, 0.1) is 5.92 Å². The lowest BCUT2D eigenvalue weighted by molar-refractivity contribution is 0.438. The molecule has 1 aliphatic rings. The van der Waals surface area contributed by atoms with Crippen LogP contribution in [0.2, 0.25) is 0 Å². The van der Waals surface area contributed by atoms with Crippen molar-refractivity contribution >= 4 is 16.5 Å². The Morgan fingerprint density at radius 3 is 2.32 bits per heavy atom. The summed E-state index contributed by atoms with van der Waals surface area (Å²) in [6.45, 7) is 13.2. The summed E-state index contributed by atoms with van der Waals surface area (Å²) >= 11 is 1.79. The third-order valence-corrected chi connectivity index (χ3v) is 5.30. The van der Waals surface area contributed by atoms with E-state index in [9.17, 15) is 0 Å². The van der Waals surface area contributed by atoms with Gasteiger partial charge in [0.2, 0.25) is 0 Å². The zero-order valence-corrected chi connectivity index (χ0v) is 13.7. The number of piperidine rings is 1.